The number of nitrogens with zero attached hydrogens (tertiary/aromatic N) is 1. The number of carbonyl (C=O) groups excluding carboxylic acids is 1. The molecule has 0 bridgehead atoms. The summed E-state index contributed by atoms with van der Waals surface area (Å²) in [7, 11) is 0. The summed E-state index contributed by atoms with van der Waals surface area (Å²) in [6.07, 6.45) is 8.53. The molecule has 4 N–H and O–H groups in total. The molecule has 5 nitrogen and oxygen atoms in total. The van der Waals surface area contributed by atoms with Crippen LogP contribution in [-0.2, 0) is 4.79 Å². The highest BCUT2D eigenvalue weighted by Crippen LogP contribution is 2.55. The van der Waals surface area contributed by atoms with Crippen LogP contribution in [0.3, 0.4) is 0 Å². The Kier molecular flexibility index (Phi) is 3.15. The fourth-order valence-corrected chi connectivity index (χ4v) is 4.22. The van der Waals surface area contributed by atoms with E-state index in [1.54, 1.807) is 0 Å². The summed E-state index contributed by atoms with van der Waals surface area (Å²) in [4.78, 5) is 12.4. The van der Waals surface area contributed by atoms with Crippen LogP contribution in [0.2, 0.25) is 0 Å². The van der Waals surface area contributed by atoms with Crippen molar-refractivity contribution < 1.29 is 10.0 Å². The van der Waals surface area contributed by atoms with E-state index in [4.69, 9.17) is 10.9 Å². The number of oxime groups is 1. The Bertz CT molecular complexity index is 389. The van der Waals surface area contributed by atoms with Crippen molar-refractivity contribution in [2.24, 2.45) is 28.6 Å². The van der Waals surface area contributed by atoms with Crippen molar-refractivity contribution in [1.82, 2.24) is 5.32 Å². The minimum Gasteiger partial charge on any atom is -0.409 e. The molecule has 3 aliphatic rings. The Hall–Kier alpha value is -1.26. The molecule has 0 aromatic heterocycles. The Morgan fingerprint density at radius 1 is 1.16 bits per heavy atom. The lowest BCUT2D eigenvalue weighted by atomic mass is 9.95. The maximum absolute atomic E-state index is 12.4. The predicted molar refractivity (Wildman–Crippen MR) is 71.7 cm³/mol. The third-order valence-electron chi connectivity index (χ3n) is 5.38. The van der Waals surface area contributed by atoms with Crippen molar-refractivity contribution in [3.8, 4) is 0 Å². The molecule has 0 aromatic carbocycles. The van der Waals surface area contributed by atoms with Crippen molar-refractivity contribution in [1.29, 1.82) is 0 Å². The Labute approximate surface area is 113 Å². The lowest BCUT2D eigenvalue weighted by molar-refractivity contribution is -0.124. The third kappa shape index (κ3) is 2.09. The van der Waals surface area contributed by atoms with Crippen LogP contribution in [0.25, 0.3) is 0 Å². The number of nitrogens with two attached hydrogens (primary N) is 1. The van der Waals surface area contributed by atoms with E-state index in [9.17, 15) is 4.79 Å². The number of carbonyl (C=O) groups is 1. The van der Waals surface area contributed by atoms with E-state index < -0.39 is 5.54 Å². The molecule has 2 atom stereocenters. The van der Waals surface area contributed by atoms with Gasteiger partial charge in [0.05, 0.1) is 0 Å². The highest BCUT2D eigenvalue weighted by Gasteiger charge is 2.56. The van der Waals surface area contributed by atoms with Crippen LogP contribution in [0, 0.1) is 17.8 Å². The zero-order valence-electron chi connectivity index (χ0n) is 11.3. The summed E-state index contributed by atoms with van der Waals surface area (Å²) in [5.41, 5.74) is 5.23. The molecule has 106 valence electrons. The molecule has 3 aliphatic carbocycles. The molecule has 0 spiro atoms. The van der Waals surface area contributed by atoms with Crippen LogP contribution in [0.1, 0.15) is 51.4 Å². The van der Waals surface area contributed by atoms with Gasteiger partial charge in [0.15, 0.2) is 5.84 Å². The molecule has 0 aliphatic heterocycles. The van der Waals surface area contributed by atoms with E-state index >= 15 is 0 Å². The number of rotatable bonds is 3. The van der Waals surface area contributed by atoms with E-state index in [1.807, 2.05) is 0 Å². The van der Waals surface area contributed by atoms with Gasteiger partial charge in [-0.05, 0) is 37.5 Å². The Balaban J connectivity index is 1.68. The lowest BCUT2D eigenvalue weighted by Crippen LogP contribution is -2.56. The van der Waals surface area contributed by atoms with Gasteiger partial charge in [0, 0.05) is 5.92 Å². The maximum atomic E-state index is 12.4. The van der Waals surface area contributed by atoms with Gasteiger partial charge in [0.2, 0.25) is 5.91 Å². The predicted octanol–water partition coefficient (Wildman–Crippen LogP) is 1.60. The second-order valence-corrected chi connectivity index (χ2v) is 6.40. The number of fused-ring (bicyclic) bond motifs is 1. The molecule has 0 heterocycles. The minimum absolute atomic E-state index is 0.130. The molecule has 2 unspecified atom stereocenters. The van der Waals surface area contributed by atoms with E-state index in [0.717, 1.165) is 25.7 Å². The number of hydrogen-bond acceptors (Lipinski definition) is 3. The number of nitrogens with one attached hydrogen (secondary N) is 1. The number of amidine groups is 1. The standard InChI is InChI=1S/C14H23N3O2/c15-13(17-19)14(7-3-4-8-14)16-12(18)11-9-5-1-2-6-10(9)11/h9-11,19H,1-8H2,(H2,15,17)(H,16,18). The second-order valence-electron chi connectivity index (χ2n) is 6.40. The third-order valence-corrected chi connectivity index (χ3v) is 5.38. The molecule has 0 aromatic rings. The number of amides is 1. The molecule has 5 heteroatoms. The minimum atomic E-state index is -0.586. The average molecular weight is 265 g/mol. The van der Waals surface area contributed by atoms with Gasteiger partial charge in [-0.2, -0.15) is 0 Å². The molecule has 0 radical (unpaired) electrons. The van der Waals surface area contributed by atoms with Crippen molar-refractivity contribution in [2.75, 3.05) is 0 Å². The molecular formula is C14H23N3O2. The van der Waals surface area contributed by atoms with Gasteiger partial charge < -0.3 is 16.3 Å². The summed E-state index contributed by atoms with van der Waals surface area (Å²) in [6.45, 7) is 0. The van der Waals surface area contributed by atoms with Crippen molar-refractivity contribution >= 4 is 11.7 Å². The monoisotopic (exact) mass is 265 g/mol. The molecule has 1 amide bonds. The molecule has 3 fully saturated rings. The first-order valence-electron chi connectivity index (χ1n) is 7.48. The molecular weight excluding hydrogens is 242 g/mol. The Morgan fingerprint density at radius 2 is 1.74 bits per heavy atom. The summed E-state index contributed by atoms with van der Waals surface area (Å²) in [5.74, 6) is 1.68. The average Bonchev–Trinajstić information content (AvgIpc) is 2.99. The van der Waals surface area contributed by atoms with Crippen LogP contribution in [-0.4, -0.2) is 22.5 Å². The SMILES string of the molecule is NC(=NO)C1(NC(=O)C2C3CCCCC32)CCCC1. The number of hydrogen-bond donors (Lipinski definition) is 3. The van der Waals surface area contributed by atoms with Gasteiger partial charge in [-0.25, -0.2) is 0 Å². The normalized spacial score (nSPS) is 36.6. The lowest BCUT2D eigenvalue weighted by Gasteiger charge is -2.29. The summed E-state index contributed by atoms with van der Waals surface area (Å²) in [5, 5.41) is 15.2. The van der Waals surface area contributed by atoms with Crippen LogP contribution < -0.4 is 11.1 Å². The van der Waals surface area contributed by atoms with E-state index in [2.05, 4.69) is 10.5 Å². The zero-order chi connectivity index (χ0) is 13.5. The highest BCUT2D eigenvalue weighted by molar-refractivity contribution is 5.95. The second kappa shape index (κ2) is 4.69. The van der Waals surface area contributed by atoms with E-state index in [0.29, 0.717) is 11.8 Å². The van der Waals surface area contributed by atoms with Gasteiger partial charge in [-0.1, -0.05) is 30.8 Å². The van der Waals surface area contributed by atoms with Crippen LogP contribution >= 0.6 is 0 Å². The molecule has 3 saturated carbocycles. The van der Waals surface area contributed by atoms with E-state index in [1.165, 1.54) is 25.7 Å². The maximum Gasteiger partial charge on any atom is 0.224 e. The first-order chi connectivity index (χ1) is 9.18. The van der Waals surface area contributed by atoms with Crippen molar-refractivity contribution in [3.63, 3.8) is 0 Å². The fraction of sp³-hybridized carbons (Fsp3) is 0.857. The van der Waals surface area contributed by atoms with Crippen molar-refractivity contribution in [2.45, 2.75) is 56.9 Å². The summed E-state index contributed by atoms with van der Waals surface area (Å²) < 4.78 is 0. The molecule has 0 saturated heterocycles. The first kappa shape index (κ1) is 12.8. The van der Waals surface area contributed by atoms with Crippen LogP contribution in [0.15, 0.2) is 5.16 Å². The summed E-state index contributed by atoms with van der Waals surface area (Å²) >= 11 is 0. The molecule has 19 heavy (non-hydrogen) atoms. The first-order valence-corrected chi connectivity index (χ1v) is 7.48. The topological polar surface area (TPSA) is 87.7 Å². The van der Waals surface area contributed by atoms with Gasteiger partial charge >= 0.3 is 0 Å². The smallest absolute Gasteiger partial charge is 0.224 e. The van der Waals surface area contributed by atoms with Gasteiger partial charge in [0.1, 0.15) is 5.54 Å². The zero-order valence-corrected chi connectivity index (χ0v) is 11.3. The largest absolute Gasteiger partial charge is 0.409 e. The fourth-order valence-electron chi connectivity index (χ4n) is 4.22. The van der Waals surface area contributed by atoms with Gasteiger partial charge in [-0.15, -0.1) is 0 Å². The molecule has 3 rings (SSSR count). The van der Waals surface area contributed by atoms with E-state index in [-0.39, 0.29) is 17.7 Å². The van der Waals surface area contributed by atoms with Crippen LogP contribution in [0.5, 0.6) is 0 Å². The highest BCUT2D eigenvalue weighted by atomic mass is 16.4. The Morgan fingerprint density at radius 3 is 2.26 bits per heavy atom. The van der Waals surface area contributed by atoms with Crippen molar-refractivity contribution in [3.05, 3.63) is 0 Å². The van der Waals surface area contributed by atoms with Gasteiger partial charge in [-0.3, -0.25) is 4.79 Å². The van der Waals surface area contributed by atoms with Gasteiger partial charge in [0.25, 0.3) is 0 Å². The summed E-state index contributed by atoms with van der Waals surface area (Å²) in [6, 6.07) is 0. The van der Waals surface area contributed by atoms with Crippen LogP contribution in [0.4, 0.5) is 0 Å². The quantitative estimate of drug-likeness (QED) is 0.313.